The predicted molar refractivity (Wildman–Crippen MR) is 102 cm³/mol. The third-order valence-corrected chi connectivity index (χ3v) is 5.56. The zero-order valence-corrected chi connectivity index (χ0v) is 13.8. The summed E-state index contributed by atoms with van der Waals surface area (Å²) in [7, 11) is 1.97. The van der Waals surface area contributed by atoms with Gasteiger partial charge in [-0.25, -0.2) is 0 Å². The highest BCUT2D eigenvalue weighted by atomic mass is 32.1. The molecule has 0 aliphatic rings. The third-order valence-electron chi connectivity index (χ3n) is 3.97. The number of thiophene rings is 1. The number of benzene rings is 3. The molecule has 1 N–H and O–H groups in total. The predicted octanol–water partition coefficient (Wildman–Crippen LogP) is 6.05. The van der Waals surface area contributed by atoms with E-state index in [1.165, 1.54) is 31.3 Å². The van der Waals surface area contributed by atoms with Gasteiger partial charge >= 0.3 is 0 Å². The Bertz CT molecular complexity index is 971. The van der Waals surface area contributed by atoms with Gasteiger partial charge in [-0.15, -0.1) is 24.0 Å². The van der Waals surface area contributed by atoms with Crippen molar-refractivity contribution in [1.29, 1.82) is 0 Å². The first kappa shape index (κ1) is 13.7. The average Bonchev–Trinajstić information content (AvgIpc) is 2.93. The van der Waals surface area contributed by atoms with Gasteiger partial charge in [-0.05, 0) is 23.3 Å². The van der Waals surface area contributed by atoms with Crippen molar-refractivity contribution in [2.75, 3.05) is 12.4 Å². The summed E-state index contributed by atoms with van der Waals surface area (Å²) < 4.78 is 2.61. The van der Waals surface area contributed by atoms with Gasteiger partial charge < -0.3 is 5.32 Å². The molecule has 0 bridgehead atoms. The summed E-state index contributed by atoms with van der Waals surface area (Å²) >= 11 is 6.66. The van der Waals surface area contributed by atoms with Crippen molar-refractivity contribution in [3.63, 3.8) is 0 Å². The molecule has 4 aromatic rings. The van der Waals surface area contributed by atoms with E-state index in [0.717, 1.165) is 10.6 Å². The van der Waals surface area contributed by atoms with Crippen LogP contribution in [-0.4, -0.2) is 7.05 Å². The third kappa shape index (κ3) is 2.01. The lowest BCUT2D eigenvalue weighted by atomic mass is 10.0. The molecule has 0 saturated carbocycles. The molecule has 22 heavy (non-hydrogen) atoms. The Kier molecular flexibility index (Phi) is 3.32. The molecule has 1 heterocycles. The fraction of sp³-hybridized carbons (Fsp3) is 0.0526. The van der Waals surface area contributed by atoms with Gasteiger partial charge in [0, 0.05) is 32.1 Å². The Morgan fingerprint density at radius 1 is 0.909 bits per heavy atom. The molecule has 108 valence electrons. The summed E-state index contributed by atoms with van der Waals surface area (Å²) in [5.41, 5.74) is 3.48. The van der Waals surface area contributed by atoms with E-state index in [4.69, 9.17) is 12.6 Å². The van der Waals surface area contributed by atoms with E-state index < -0.39 is 0 Å². The first-order valence-electron chi connectivity index (χ1n) is 7.20. The summed E-state index contributed by atoms with van der Waals surface area (Å²) in [6.07, 6.45) is 0. The smallest absolute Gasteiger partial charge is 0.0574 e. The monoisotopic (exact) mass is 321 g/mol. The van der Waals surface area contributed by atoms with Crippen LogP contribution in [0.15, 0.2) is 65.6 Å². The number of nitrogens with one attached hydrogen (secondary N) is 1. The summed E-state index contributed by atoms with van der Waals surface area (Å²) in [4.78, 5) is 1.00. The number of rotatable bonds is 2. The van der Waals surface area contributed by atoms with Crippen molar-refractivity contribution >= 4 is 49.8 Å². The second-order valence-electron chi connectivity index (χ2n) is 5.24. The first-order chi connectivity index (χ1) is 10.8. The van der Waals surface area contributed by atoms with Crippen LogP contribution in [0.25, 0.3) is 31.3 Å². The van der Waals surface area contributed by atoms with Crippen LogP contribution in [0.1, 0.15) is 0 Å². The molecule has 0 aliphatic heterocycles. The Balaban J connectivity index is 2.13. The highest BCUT2D eigenvalue weighted by Gasteiger charge is 2.15. The molecule has 3 aromatic carbocycles. The molecular formula is C19H15NS2. The normalized spacial score (nSPS) is 11.2. The van der Waals surface area contributed by atoms with Crippen LogP contribution in [0.3, 0.4) is 0 Å². The Labute approximate surface area is 139 Å². The molecular weight excluding hydrogens is 306 g/mol. The molecule has 1 nitrogen and oxygen atoms in total. The van der Waals surface area contributed by atoms with E-state index in [0.29, 0.717) is 0 Å². The number of hydrogen-bond acceptors (Lipinski definition) is 3. The van der Waals surface area contributed by atoms with E-state index in [-0.39, 0.29) is 0 Å². The van der Waals surface area contributed by atoms with Crippen LogP contribution in [0, 0.1) is 0 Å². The van der Waals surface area contributed by atoms with Gasteiger partial charge in [0.25, 0.3) is 0 Å². The second-order valence-corrected chi connectivity index (χ2v) is 6.77. The molecule has 0 fully saturated rings. The lowest BCUT2D eigenvalue weighted by Gasteiger charge is -2.13. The fourth-order valence-corrected chi connectivity index (χ4v) is 4.53. The van der Waals surface area contributed by atoms with Crippen molar-refractivity contribution in [3.05, 3.63) is 60.7 Å². The highest BCUT2D eigenvalue weighted by Crippen LogP contribution is 2.45. The minimum atomic E-state index is 1.00. The SMILES string of the molecule is CNc1c(S)c(-c2ccccc2)cc2sc3ccccc3c12. The second kappa shape index (κ2) is 5.34. The van der Waals surface area contributed by atoms with Gasteiger partial charge in [0.15, 0.2) is 0 Å². The minimum Gasteiger partial charge on any atom is -0.387 e. The van der Waals surface area contributed by atoms with Gasteiger partial charge in [0.2, 0.25) is 0 Å². The number of hydrogen-bond donors (Lipinski definition) is 2. The zero-order valence-electron chi connectivity index (χ0n) is 12.1. The topological polar surface area (TPSA) is 12.0 Å². The van der Waals surface area contributed by atoms with Gasteiger partial charge in [-0.2, -0.15) is 0 Å². The van der Waals surface area contributed by atoms with Crippen LogP contribution < -0.4 is 5.32 Å². The summed E-state index contributed by atoms with van der Waals surface area (Å²) in [6, 6.07) is 21.3. The van der Waals surface area contributed by atoms with Gasteiger partial charge in [-0.3, -0.25) is 0 Å². The lowest BCUT2D eigenvalue weighted by molar-refractivity contribution is 1.43. The van der Waals surface area contributed by atoms with Crippen LogP contribution in [0.5, 0.6) is 0 Å². The maximum absolute atomic E-state index is 4.82. The quantitative estimate of drug-likeness (QED) is 0.428. The van der Waals surface area contributed by atoms with Crippen molar-refractivity contribution in [1.82, 2.24) is 0 Å². The van der Waals surface area contributed by atoms with Crippen LogP contribution >= 0.6 is 24.0 Å². The van der Waals surface area contributed by atoms with Gasteiger partial charge in [0.1, 0.15) is 0 Å². The minimum absolute atomic E-state index is 1.00. The van der Waals surface area contributed by atoms with Gasteiger partial charge in [0.05, 0.1) is 5.69 Å². The molecule has 3 heteroatoms. The standard InChI is InChI=1S/C19H15NS2/c1-20-18-17-13-9-5-6-10-15(13)22-16(17)11-14(19(18)21)12-7-3-2-4-8-12/h2-11,20-21H,1H3. The van der Waals surface area contributed by atoms with Crippen molar-refractivity contribution in [2.45, 2.75) is 4.90 Å². The van der Waals surface area contributed by atoms with Crippen molar-refractivity contribution < 1.29 is 0 Å². The van der Waals surface area contributed by atoms with E-state index in [1.807, 2.05) is 24.5 Å². The number of thiol groups is 1. The molecule has 0 unspecified atom stereocenters. The Morgan fingerprint density at radius 2 is 1.64 bits per heavy atom. The van der Waals surface area contributed by atoms with E-state index >= 15 is 0 Å². The molecule has 0 spiro atoms. The number of fused-ring (bicyclic) bond motifs is 3. The molecule has 0 amide bonds. The lowest BCUT2D eigenvalue weighted by Crippen LogP contribution is -1.93. The Morgan fingerprint density at radius 3 is 2.41 bits per heavy atom. The zero-order chi connectivity index (χ0) is 15.1. The molecule has 1 aromatic heterocycles. The molecule has 0 atom stereocenters. The van der Waals surface area contributed by atoms with Crippen LogP contribution in [0.2, 0.25) is 0 Å². The van der Waals surface area contributed by atoms with Crippen molar-refractivity contribution in [2.24, 2.45) is 0 Å². The van der Waals surface area contributed by atoms with Crippen LogP contribution in [-0.2, 0) is 0 Å². The summed E-state index contributed by atoms with van der Waals surface area (Å²) in [5, 5.41) is 5.92. The molecule has 4 rings (SSSR count). The first-order valence-corrected chi connectivity index (χ1v) is 8.46. The average molecular weight is 321 g/mol. The Hall–Kier alpha value is -1.97. The van der Waals surface area contributed by atoms with E-state index in [1.54, 1.807) is 0 Å². The molecule has 0 aliphatic carbocycles. The van der Waals surface area contributed by atoms with E-state index in [2.05, 4.69) is 59.9 Å². The van der Waals surface area contributed by atoms with Crippen LogP contribution in [0.4, 0.5) is 5.69 Å². The highest BCUT2D eigenvalue weighted by molar-refractivity contribution is 7.80. The van der Waals surface area contributed by atoms with Gasteiger partial charge in [-0.1, -0.05) is 48.5 Å². The van der Waals surface area contributed by atoms with E-state index in [9.17, 15) is 0 Å². The fourth-order valence-electron chi connectivity index (χ4n) is 2.96. The summed E-state index contributed by atoms with van der Waals surface area (Å²) in [6.45, 7) is 0. The summed E-state index contributed by atoms with van der Waals surface area (Å²) in [5.74, 6) is 0. The molecule has 0 radical (unpaired) electrons. The number of anilines is 1. The largest absolute Gasteiger partial charge is 0.387 e. The van der Waals surface area contributed by atoms with Crippen molar-refractivity contribution in [3.8, 4) is 11.1 Å². The maximum atomic E-state index is 4.82. The maximum Gasteiger partial charge on any atom is 0.0574 e. The molecule has 0 saturated heterocycles.